The summed E-state index contributed by atoms with van der Waals surface area (Å²) < 4.78 is 5.50. The predicted octanol–water partition coefficient (Wildman–Crippen LogP) is 1.31. The van der Waals surface area contributed by atoms with Crippen LogP contribution in [0.25, 0.3) is 0 Å². The fourth-order valence-electron chi connectivity index (χ4n) is 2.23. The molecule has 0 bridgehead atoms. The van der Waals surface area contributed by atoms with Gasteiger partial charge >= 0.3 is 0 Å². The van der Waals surface area contributed by atoms with E-state index < -0.39 is 0 Å². The number of anilines is 2. The number of hydrogen-bond acceptors (Lipinski definition) is 5. The monoisotopic (exact) mass is 236 g/mol. The van der Waals surface area contributed by atoms with Crippen molar-refractivity contribution in [2.24, 2.45) is 5.92 Å². The first-order valence-corrected chi connectivity index (χ1v) is 6.20. The molecule has 1 aromatic rings. The van der Waals surface area contributed by atoms with Crippen molar-refractivity contribution >= 4 is 11.8 Å². The summed E-state index contributed by atoms with van der Waals surface area (Å²) in [6, 6.07) is 1.92. The van der Waals surface area contributed by atoms with Crippen molar-refractivity contribution in [3.05, 3.63) is 12.3 Å². The van der Waals surface area contributed by atoms with E-state index in [0.717, 1.165) is 32.1 Å². The second-order valence-corrected chi connectivity index (χ2v) is 4.39. The van der Waals surface area contributed by atoms with E-state index in [1.54, 1.807) is 6.20 Å². The number of aromatic nitrogens is 2. The number of piperidine rings is 1. The van der Waals surface area contributed by atoms with Gasteiger partial charge < -0.3 is 15.4 Å². The van der Waals surface area contributed by atoms with Crippen LogP contribution in [0.3, 0.4) is 0 Å². The lowest BCUT2D eigenvalue weighted by atomic mass is 9.99. The third kappa shape index (κ3) is 3.30. The molecule has 0 amide bonds. The van der Waals surface area contributed by atoms with E-state index in [4.69, 9.17) is 10.5 Å². The van der Waals surface area contributed by atoms with Crippen LogP contribution in [0.2, 0.25) is 0 Å². The zero-order valence-corrected chi connectivity index (χ0v) is 10.3. The molecule has 0 unspecified atom stereocenters. The summed E-state index contributed by atoms with van der Waals surface area (Å²) in [4.78, 5) is 10.5. The normalized spacial score (nSPS) is 20.5. The Morgan fingerprint density at radius 2 is 2.47 bits per heavy atom. The molecule has 1 saturated heterocycles. The molecule has 0 saturated carbocycles. The van der Waals surface area contributed by atoms with Crippen LogP contribution in [0, 0.1) is 5.92 Å². The van der Waals surface area contributed by atoms with E-state index in [1.165, 1.54) is 12.8 Å². The molecule has 1 aromatic heterocycles. The van der Waals surface area contributed by atoms with Gasteiger partial charge in [0.1, 0.15) is 5.82 Å². The second kappa shape index (κ2) is 5.82. The van der Waals surface area contributed by atoms with Gasteiger partial charge in [0.15, 0.2) is 0 Å². The smallest absolute Gasteiger partial charge is 0.221 e. The maximum Gasteiger partial charge on any atom is 0.221 e. The standard InChI is InChI=1S/C12H20N4O/c1-2-17-9-10-4-3-7-16(8-10)11-5-6-14-12(13)15-11/h5-6,10H,2-4,7-9H2,1H3,(H2,13,14,15)/t10-/m0/s1. The third-order valence-corrected chi connectivity index (χ3v) is 3.06. The van der Waals surface area contributed by atoms with E-state index in [2.05, 4.69) is 14.9 Å². The highest BCUT2D eigenvalue weighted by Crippen LogP contribution is 2.21. The van der Waals surface area contributed by atoms with Crippen LogP contribution in [-0.4, -0.2) is 36.3 Å². The molecule has 1 fully saturated rings. The molecular weight excluding hydrogens is 216 g/mol. The quantitative estimate of drug-likeness (QED) is 0.854. The first kappa shape index (κ1) is 12.1. The second-order valence-electron chi connectivity index (χ2n) is 4.39. The van der Waals surface area contributed by atoms with Crippen molar-refractivity contribution in [1.82, 2.24) is 9.97 Å². The van der Waals surface area contributed by atoms with Gasteiger partial charge in [-0.3, -0.25) is 0 Å². The van der Waals surface area contributed by atoms with Gasteiger partial charge in [0.25, 0.3) is 0 Å². The Kier molecular flexibility index (Phi) is 4.14. The average molecular weight is 236 g/mol. The van der Waals surface area contributed by atoms with Crippen molar-refractivity contribution in [3.8, 4) is 0 Å². The summed E-state index contributed by atoms with van der Waals surface area (Å²) in [5.74, 6) is 1.87. The van der Waals surface area contributed by atoms with Crippen LogP contribution >= 0.6 is 0 Å². The van der Waals surface area contributed by atoms with Crippen LogP contribution in [0.5, 0.6) is 0 Å². The van der Waals surface area contributed by atoms with Crippen LogP contribution in [0.15, 0.2) is 12.3 Å². The Hall–Kier alpha value is -1.36. The minimum Gasteiger partial charge on any atom is -0.381 e. The topological polar surface area (TPSA) is 64.3 Å². The van der Waals surface area contributed by atoms with Gasteiger partial charge in [-0.25, -0.2) is 4.98 Å². The largest absolute Gasteiger partial charge is 0.381 e. The van der Waals surface area contributed by atoms with Gasteiger partial charge in [-0.05, 0) is 31.7 Å². The van der Waals surface area contributed by atoms with E-state index in [0.29, 0.717) is 11.9 Å². The molecule has 17 heavy (non-hydrogen) atoms. The summed E-state index contributed by atoms with van der Waals surface area (Å²) >= 11 is 0. The molecule has 1 aliphatic rings. The van der Waals surface area contributed by atoms with E-state index in [1.807, 2.05) is 13.0 Å². The lowest BCUT2D eigenvalue weighted by Gasteiger charge is -2.33. The van der Waals surface area contributed by atoms with Gasteiger partial charge in [0, 0.05) is 25.9 Å². The Labute approximate surface area is 102 Å². The molecule has 1 atom stereocenters. The highest BCUT2D eigenvalue weighted by Gasteiger charge is 2.21. The van der Waals surface area contributed by atoms with Crippen molar-refractivity contribution in [2.45, 2.75) is 19.8 Å². The average Bonchev–Trinajstić information content (AvgIpc) is 2.37. The molecule has 0 aliphatic carbocycles. The molecule has 0 spiro atoms. The maximum absolute atomic E-state index is 5.61. The molecule has 5 nitrogen and oxygen atoms in total. The zero-order chi connectivity index (χ0) is 12.1. The SMILES string of the molecule is CCOC[C@H]1CCCN(c2ccnc(N)n2)C1. The van der Waals surface area contributed by atoms with Gasteiger partial charge in [-0.15, -0.1) is 0 Å². The zero-order valence-electron chi connectivity index (χ0n) is 10.3. The lowest BCUT2D eigenvalue weighted by Crippen LogP contribution is -2.37. The number of nitrogens with zero attached hydrogens (tertiary/aromatic N) is 3. The molecule has 1 aliphatic heterocycles. The first-order chi connectivity index (χ1) is 8.29. The summed E-state index contributed by atoms with van der Waals surface area (Å²) in [5, 5.41) is 0. The number of nitrogen functional groups attached to an aromatic ring is 1. The van der Waals surface area contributed by atoms with Crippen LogP contribution < -0.4 is 10.6 Å². The first-order valence-electron chi connectivity index (χ1n) is 6.20. The van der Waals surface area contributed by atoms with Gasteiger partial charge in [0.2, 0.25) is 5.95 Å². The lowest BCUT2D eigenvalue weighted by molar-refractivity contribution is 0.104. The minimum atomic E-state index is 0.342. The number of ether oxygens (including phenoxy) is 1. The fourth-order valence-corrected chi connectivity index (χ4v) is 2.23. The highest BCUT2D eigenvalue weighted by molar-refractivity contribution is 5.41. The van der Waals surface area contributed by atoms with Crippen molar-refractivity contribution in [1.29, 1.82) is 0 Å². The Morgan fingerprint density at radius 3 is 3.24 bits per heavy atom. The summed E-state index contributed by atoms with van der Waals surface area (Å²) in [6.07, 6.45) is 4.13. The predicted molar refractivity (Wildman–Crippen MR) is 67.9 cm³/mol. The Bertz CT molecular complexity index is 358. The van der Waals surface area contributed by atoms with Crippen molar-refractivity contribution in [3.63, 3.8) is 0 Å². The maximum atomic E-state index is 5.61. The van der Waals surface area contributed by atoms with Gasteiger partial charge in [-0.1, -0.05) is 0 Å². The van der Waals surface area contributed by atoms with Crippen LogP contribution in [-0.2, 0) is 4.74 Å². The fraction of sp³-hybridized carbons (Fsp3) is 0.667. The molecule has 0 radical (unpaired) electrons. The van der Waals surface area contributed by atoms with Crippen molar-refractivity contribution < 1.29 is 4.74 Å². The Morgan fingerprint density at radius 1 is 1.59 bits per heavy atom. The highest BCUT2D eigenvalue weighted by atomic mass is 16.5. The number of hydrogen-bond donors (Lipinski definition) is 1. The molecule has 2 heterocycles. The van der Waals surface area contributed by atoms with Gasteiger partial charge in [-0.2, -0.15) is 4.98 Å². The Balaban J connectivity index is 1.97. The molecule has 2 N–H and O–H groups in total. The molecule has 5 heteroatoms. The van der Waals surface area contributed by atoms with Crippen molar-refractivity contribution in [2.75, 3.05) is 36.9 Å². The minimum absolute atomic E-state index is 0.342. The summed E-state index contributed by atoms with van der Waals surface area (Å²) in [7, 11) is 0. The molecule has 2 rings (SSSR count). The third-order valence-electron chi connectivity index (χ3n) is 3.06. The van der Waals surface area contributed by atoms with E-state index >= 15 is 0 Å². The van der Waals surface area contributed by atoms with E-state index in [9.17, 15) is 0 Å². The number of nitrogens with two attached hydrogens (primary N) is 1. The summed E-state index contributed by atoms with van der Waals surface area (Å²) in [5.41, 5.74) is 5.61. The van der Waals surface area contributed by atoms with E-state index in [-0.39, 0.29) is 0 Å². The molecular formula is C12H20N4O. The van der Waals surface area contributed by atoms with Crippen LogP contribution in [0.4, 0.5) is 11.8 Å². The summed E-state index contributed by atoms with van der Waals surface area (Å²) in [6.45, 7) is 5.70. The number of rotatable bonds is 4. The van der Waals surface area contributed by atoms with Crippen LogP contribution in [0.1, 0.15) is 19.8 Å². The van der Waals surface area contributed by atoms with Gasteiger partial charge in [0.05, 0.1) is 6.61 Å². The molecule has 0 aromatic carbocycles. The molecule has 94 valence electrons.